The molecule has 0 aromatic carbocycles. The first kappa shape index (κ1) is 15.6. The van der Waals surface area contributed by atoms with Crippen LogP contribution in [0.5, 0.6) is 0 Å². The van der Waals surface area contributed by atoms with Crippen LogP contribution < -0.4 is 5.32 Å². The van der Waals surface area contributed by atoms with Crippen molar-refractivity contribution in [2.45, 2.75) is 64.5 Å². The van der Waals surface area contributed by atoms with Crippen molar-refractivity contribution in [2.24, 2.45) is 0 Å². The molecule has 1 N–H and O–H groups in total. The molecule has 0 aliphatic carbocycles. The first-order valence-electron chi connectivity index (χ1n) is 8.16. The fraction of sp³-hybridized carbons (Fsp3) is 0.765. The topological polar surface area (TPSA) is 28.4 Å². The van der Waals surface area contributed by atoms with Crippen LogP contribution in [0.1, 0.15) is 64.5 Å². The van der Waals surface area contributed by atoms with E-state index in [4.69, 9.17) is 4.42 Å². The van der Waals surface area contributed by atoms with Crippen LogP contribution >= 0.6 is 0 Å². The maximum Gasteiger partial charge on any atom is 0.0951 e. The van der Waals surface area contributed by atoms with Crippen molar-refractivity contribution in [3.8, 4) is 0 Å². The van der Waals surface area contributed by atoms with Gasteiger partial charge in [0.2, 0.25) is 0 Å². The molecule has 2 heterocycles. The summed E-state index contributed by atoms with van der Waals surface area (Å²) in [6, 6.07) is 2.44. The molecule has 1 unspecified atom stereocenters. The van der Waals surface area contributed by atoms with Crippen LogP contribution in [0.25, 0.3) is 0 Å². The second-order valence-corrected chi connectivity index (χ2v) is 6.50. The molecule has 0 bridgehead atoms. The average Bonchev–Trinajstić information content (AvgIpc) is 2.79. The zero-order chi connectivity index (χ0) is 14.4. The van der Waals surface area contributed by atoms with Gasteiger partial charge in [-0.3, -0.25) is 4.90 Å². The monoisotopic (exact) mass is 278 g/mol. The van der Waals surface area contributed by atoms with Gasteiger partial charge in [-0.25, -0.2) is 0 Å². The average molecular weight is 278 g/mol. The molecular formula is C17H30N2O. The second kappa shape index (κ2) is 7.28. The van der Waals surface area contributed by atoms with E-state index >= 15 is 0 Å². The summed E-state index contributed by atoms with van der Waals surface area (Å²) >= 11 is 0. The predicted octanol–water partition coefficient (Wildman–Crippen LogP) is 3.97. The van der Waals surface area contributed by atoms with Crippen LogP contribution in [0.4, 0.5) is 0 Å². The van der Waals surface area contributed by atoms with Crippen molar-refractivity contribution < 1.29 is 4.42 Å². The molecule has 1 aromatic rings. The third kappa shape index (κ3) is 3.64. The van der Waals surface area contributed by atoms with Crippen LogP contribution in [0.3, 0.4) is 0 Å². The quantitative estimate of drug-likeness (QED) is 0.853. The van der Waals surface area contributed by atoms with Crippen LogP contribution in [0, 0.1) is 0 Å². The van der Waals surface area contributed by atoms with E-state index in [0.717, 1.165) is 13.0 Å². The Morgan fingerprint density at radius 2 is 1.95 bits per heavy atom. The Kier molecular flexibility index (Phi) is 5.67. The SMILES string of the molecule is CCCNC(c1ccoc1)C(C)(C)N1CCCCCC1. The third-order valence-corrected chi connectivity index (χ3v) is 4.60. The smallest absolute Gasteiger partial charge is 0.0951 e. The molecule has 3 nitrogen and oxygen atoms in total. The van der Waals surface area contributed by atoms with Gasteiger partial charge in [-0.05, 0) is 58.8 Å². The zero-order valence-corrected chi connectivity index (χ0v) is 13.3. The number of likely N-dealkylation sites (tertiary alicyclic amines) is 1. The molecule has 0 spiro atoms. The van der Waals surface area contributed by atoms with Crippen LogP contribution in [0.2, 0.25) is 0 Å². The van der Waals surface area contributed by atoms with Gasteiger partial charge in [0, 0.05) is 11.1 Å². The standard InChI is InChI=1S/C17H30N2O/c1-4-10-18-16(15-9-13-20-14-15)17(2,3)19-11-7-5-6-8-12-19/h9,13-14,16,18H,4-8,10-12H2,1-3H3. The molecule has 1 saturated heterocycles. The molecule has 3 heteroatoms. The number of hydrogen-bond donors (Lipinski definition) is 1. The van der Waals surface area contributed by atoms with Gasteiger partial charge in [0.15, 0.2) is 0 Å². The minimum atomic E-state index is 0.114. The highest BCUT2D eigenvalue weighted by Gasteiger charge is 2.36. The van der Waals surface area contributed by atoms with Gasteiger partial charge in [0.25, 0.3) is 0 Å². The Morgan fingerprint density at radius 3 is 2.50 bits per heavy atom. The predicted molar refractivity (Wildman–Crippen MR) is 83.9 cm³/mol. The van der Waals surface area contributed by atoms with Crippen molar-refractivity contribution >= 4 is 0 Å². The minimum absolute atomic E-state index is 0.114. The van der Waals surface area contributed by atoms with Crippen molar-refractivity contribution in [3.05, 3.63) is 24.2 Å². The van der Waals surface area contributed by atoms with Crippen LogP contribution in [-0.4, -0.2) is 30.1 Å². The first-order chi connectivity index (χ1) is 9.66. The van der Waals surface area contributed by atoms with E-state index in [9.17, 15) is 0 Å². The molecule has 1 aliphatic rings. The highest BCUT2D eigenvalue weighted by molar-refractivity contribution is 5.17. The number of rotatable bonds is 6. The Hall–Kier alpha value is -0.800. The molecule has 1 aliphatic heterocycles. The molecule has 114 valence electrons. The van der Waals surface area contributed by atoms with E-state index in [1.807, 2.05) is 6.26 Å². The van der Waals surface area contributed by atoms with Crippen molar-refractivity contribution in [3.63, 3.8) is 0 Å². The number of nitrogens with one attached hydrogen (secondary N) is 1. The van der Waals surface area contributed by atoms with Gasteiger partial charge in [-0.15, -0.1) is 0 Å². The van der Waals surface area contributed by atoms with Gasteiger partial charge in [0.1, 0.15) is 0 Å². The Bertz CT molecular complexity index is 364. The summed E-state index contributed by atoms with van der Waals surface area (Å²) in [6.07, 6.45) is 10.3. The lowest BCUT2D eigenvalue weighted by molar-refractivity contribution is 0.0831. The van der Waals surface area contributed by atoms with E-state index in [1.54, 1.807) is 6.26 Å². The van der Waals surface area contributed by atoms with Crippen molar-refractivity contribution in [1.82, 2.24) is 10.2 Å². The lowest BCUT2D eigenvalue weighted by Gasteiger charge is -2.44. The molecule has 1 fully saturated rings. The van der Waals surface area contributed by atoms with E-state index in [2.05, 4.69) is 37.1 Å². The summed E-state index contributed by atoms with van der Waals surface area (Å²) in [5, 5.41) is 3.73. The van der Waals surface area contributed by atoms with E-state index in [1.165, 1.54) is 44.3 Å². The summed E-state index contributed by atoms with van der Waals surface area (Å²) in [6.45, 7) is 10.5. The zero-order valence-electron chi connectivity index (χ0n) is 13.3. The first-order valence-corrected chi connectivity index (χ1v) is 8.16. The Morgan fingerprint density at radius 1 is 1.25 bits per heavy atom. The van der Waals surface area contributed by atoms with Crippen LogP contribution in [-0.2, 0) is 0 Å². The Balaban J connectivity index is 2.16. The second-order valence-electron chi connectivity index (χ2n) is 6.50. The van der Waals surface area contributed by atoms with Gasteiger partial charge in [-0.2, -0.15) is 0 Å². The molecule has 0 amide bonds. The van der Waals surface area contributed by atoms with Gasteiger partial charge >= 0.3 is 0 Å². The molecule has 1 aromatic heterocycles. The van der Waals surface area contributed by atoms with Gasteiger partial charge in [-0.1, -0.05) is 19.8 Å². The largest absolute Gasteiger partial charge is 0.472 e. The van der Waals surface area contributed by atoms with Crippen LogP contribution in [0.15, 0.2) is 23.0 Å². The van der Waals surface area contributed by atoms with E-state index in [-0.39, 0.29) is 5.54 Å². The highest BCUT2D eigenvalue weighted by Crippen LogP contribution is 2.33. The minimum Gasteiger partial charge on any atom is -0.472 e. The molecule has 20 heavy (non-hydrogen) atoms. The molecular weight excluding hydrogens is 248 g/mol. The van der Waals surface area contributed by atoms with Gasteiger partial charge < -0.3 is 9.73 Å². The summed E-state index contributed by atoms with van der Waals surface area (Å²) < 4.78 is 5.32. The fourth-order valence-corrected chi connectivity index (χ4v) is 3.33. The van der Waals surface area contributed by atoms with Crippen molar-refractivity contribution in [2.75, 3.05) is 19.6 Å². The summed E-state index contributed by atoms with van der Waals surface area (Å²) in [5.41, 5.74) is 1.39. The fourth-order valence-electron chi connectivity index (χ4n) is 3.33. The summed E-state index contributed by atoms with van der Waals surface area (Å²) in [5.74, 6) is 0. The van der Waals surface area contributed by atoms with E-state index in [0.29, 0.717) is 6.04 Å². The van der Waals surface area contributed by atoms with E-state index < -0.39 is 0 Å². The normalized spacial score (nSPS) is 19.8. The number of nitrogens with zero attached hydrogens (tertiary/aromatic N) is 1. The summed E-state index contributed by atoms with van der Waals surface area (Å²) in [4.78, 5) is 2.67. The summed E-state index contributed by atoms with van der Waals surface area (Å²) in [7, 11) is 0. The van der Waals surface area contributed by atoms with Crippen molar-refractivity contribution in [1.29, 1.82) is 0 Å². The third-order valence-electron chi connectivity index (χ3n) is 4.60. The maximum absolute atomic E-state index is 5.32. The molecule has 1 atom stereocenters. The van der Waals surface area contributed by atoms with Gasteiger partial charge in [0.05, 0.1) is 18.6 Å². The lowest BCUT2D eigenvalue weighted by Crippen LogP contribution is -2.53. The maximum atomic E-state index is 5.32. The molecule has 0 radical (unpaired) electrons. The molecule has 0 saturated carbocycles. The number of hydrogen-bond acceptors (Lipinski definition) is 3. The number of furan rings is 1. The Labute approximate surface area is 123 Å². The lowest BCUT2D eigenvalue weighted by atomic mass is 9.87. The highest BCUT2D eigenvalue weighted by atomic mass is 16.3. The molecule has 2 rings (SSSR count).